The zero-order valence-electron chi connectivity index (χ0n) is 13.2. The summed E-state index contributed by atoms with van der Waals surface area (Å²) in [5.74, 6) is -0.0841. The van der Waals surface area contributed by atoms with Gasteiger partial charge in [-0.25, -0.2) is 4.98 Å². The monoisotopic (exact) mass is 321 g/mol. The molecule has 3 rings (SSSR count). The van der Waals surface area contributed by atoms with E-state index in [0.717, 1.165) is 23.2 Å². The third-order valence-corrected chi connectivity index (χ3v) is 3.84. The van der Waals surface area contributed by atoms with E-state index in [0.29, 0.717) is 12.1 Å². The van der Waals surface area contributed by atoms with Gasteiger partial charge in [-0.15, -0.1) is 0 Å². The molecule has 5 nitrogen and oxygen atoms in total. The predicted octanol–water partition coefficient (Wildman–Crippen LogP) is 2.34. The van der Waals surface area contributed by atoms with Crippen LogP contribution in [0, 0.1) is 0 Å². The van der Waals surface area contributed by atoms with Crippen LogP contribution < -0.4 is 5.32 Å². The van der Waals surface area contributed by atoms with Gasteiger partial charge in [-0.2, -0.15) is 0 Å². The van der Waals surface area contributed by atoms with Gasteiger partial charge in [-0.3, -0.25) is 4.79 Å². The number of rotatable bonds is 6. The Kier molecular flexibility index (Phi) is 5.03. The van der Waals surface area contributed by atoms with E-state index in [4.69, 9.17) is 5.11 Å². The Morgan fingerprint density at radius 3 is 2.38 bits per heavy atom. The van der Waals surface area contributed by atoms with Crippen LogP contribution in [0.5, 0.6) is 0 Å². The molecule has 0 unspecified atom stereocenters. The molecule has 0 saturated heterocycles. The smallest absolute Gasteiger partial charge is 0.251 e. The molecule has 1 amide bonds. The number of nitrogens with one attached hydrogen (secondary N) is 1. The van der Waals surface area contributed by atoms with Gasteiger partial charge in [0.15, 0.2) is 0 Å². The van der Waals surface area contributed by atoms with Gasteiger partial charge in [0.25, 0.3) is 5.91 Å². The van der Waals surface area contributed by atoms with Crippen LogP contribution in [-0.2, 0) is 13.0 Å². The van der Waals surface area contributed by atoms with E-state index in [-0.39, 0.29) is 12.5 Å². The summed E-state index contributed by atoms with van der Waals surface area (Å²) in [5, 5.41) is 11.9. The second-order valence-corrected chi connectivity index (χ2v) is 5.50. The number of aliphatic hydroxyl groups is 1. The normalized spacial score (nSPS) is 10.5. The first-order valence-electron chi connectivity index (χ1n) is 7.81. The van der Waals surface area contributed by atoms with Gasteiger partial charge in [0.05, 0.1) is 12.9 Å². The minimum absolute atomic E-state index is 0.0477. The van der Waals surface area contributed by atoms with Gasteiger partial charge in [-0.05, 0) is 41.8 Å². The van der Waals surface area contributed by atoms with Crippen LogP contribution in [0.2, 0.25) is 0 Å². The van der Waals surface area contributed by atoms with Crippen LogP contribution in [0.25, 0.3) is 5.69 Å². The Balaban J connectivity index is 1.53. The molecule has 0 atom stereocenters. The zero-order chi connectivity index (χ0) is 16.8. The van der Waals surface area contributed by atoms with Crippen LogP contribution in [0.1, 0.15) is 21.5 Å². The Morgan fingerprint density at radius 1 is 1.04 bits per heavy atom. The quantitative estimate of drug-likeness (QED) is 0.732. The number of carbonyl (C=O) groups excluding carboxylic acids is 1. The van der Waals surface area contributed by atoms with E-state index in [1.165, 1.54) is 0 Å². The summed E-state index contributed by atoms with van der Waals surface area (Å²) in [4.78, 5) is 16.2. The molecule has 0 radical (unpaired) electrons. The van der Waals surface area contributed by atoms with E-state index in [1.807, 2.05) is 47.2 Å². The molecular weight excluding hydrogens is 302 g/mol. The lowest BCUT2D eigenvalue weighted by Gasteiger charge is -2.07. The average molecular weight is 321 g/mol. The van der Waals surface area contributed by atoms with Crippen molar-refractivity contribution in [3.8, 4) is 5.69 Å². The number of carbonyl (C=O) groups is 1. The molecular formula is C19H19N3O2. The van der Waals surface area contributed by atoms with Gasteiger partial charge in [0, 0.05) is 30.2 Å². The lowest BCUT2D eigenvalue weighted by molar-refractivity contribution is 0.0954. The molecule has 1 aromatic heterocycles. The summed E-state index contributed by atoms with van der Waals surface area (Å²) in [7, 11) is 0. The summed E-state index contributed by atoms with van der Waals surface area (Å²) in [6, 6.07) is 15.1. The van der Waals surface area contributed by atoms with Crippen LogP contribution in [0.15, 0.2) is 67.3 Å². The van der Waals surface area contributed by atoms with Crippen LogP contribution in [0.4, 0.5) is 0 Å². The van der Waals surface area contributed by atoms with Crippen molar-refractivity contribution in [1.82, 2.24) is 14.9 Å². The summed E-state index contributed by atoms with van der Waals surface area (Å²) in [5.41, 5.74) is 3.62. The van der Waals surface area contributed by atoms with Gasteiger partial charge in [-0.1, -0.05) is 24.3 Å². The van der Waals surface area contributed by atoms with Crippen molar-refractivity contribution < 1.29 is 9.90 Å². The highest BCUT2D eigenvalue weighted by Crippen LogP contribution is 2.09. The Bertz CT molecular complexity index is 778. The number of aliphatic hydroxyl groups excluding tert-OH is 1. The second-order valence-electron chi connectivity index (χ2n) is 5.50. The van der Waals surface area contributed by atoms with Crippen LogP contribution in [0.3, 0.4) is 0 Å². The number of imidazole rings is 1. The first-order valence-corrected chi connectivity index (χ1v) is 7.81. The van der Waals surface area contributed by atoms with Gasteiger partial charge in [0.1, 0.15) is 0 Å². The largest absolute Gasteiger partial charge is 0.392 e. The highest BCUT2D eigenvalue weighted by Gasteiger charge is 2.05. The summed E-state index contributed by atoms with van der Waals surface area (Å²) in [6.45, 7) is 0.618. The average Bonchev–Trinajstić information content (AvgIpc) is 3.17. The SMILES string of the molecule is O=C(NCCc1ccc(CO)cc1)c1ccc(-n2ccnc2)cc1. The first kappa shape index (κ1) is 16.0. The molecule has 5 heteroatoms. The summed E-state index contributed by atoms with van der Waals surface area (Å²) in [6.07, 6.45) is 6.05. The maximum absolute atomic E-state index is 12.2. The molecule has 24 heavy (non-hydrogen) atoms. The molecule has 0 fully saturated rings. The standard InChI is InChI=1S/C19H19N3O2/c23-13-16-3-1-15(2-4-16)9-10-21-19(24)17-5-7-18(8-6-17)22-12-11-20-14-22/h1-8,11-12,14,23H,9-10,13H2,(H,21,24). The third-order valence-electron chi connectivity index (χ3n) is 3.84. The van der Waals surface area contributed by atoms with Crippen molar-refractivity contribution in [2.24, 2.45) is 0 Å². The number of benzene rings is 2. The topological polar surface area (TPSA) is 67.2 Å². The maximum atomic E-state index is 12.2. The lowest BCUT2D eigenvalue weighted by atomic mass is 10.1. The molecule has 0 aliphatic heterocycles. The van der Waals surface area contributed by atoms with E-state index in [2.05, 4.69) is 10.3 Å². The molecule has 1 heterocycles. The molecule has 2 N–H and O–H groups in total. The van der Waals surface area contributed by atoms with Crippen molar-refractivity contribution in [3.63, 3.8) is 0 Å². The van der Waals surface area contributed by atoms with E-state index >= 15 is 0 Å². The van der Waals surface area contributed by atoms with E-state index in [1.54, 1.807) is 24.7 Å². The predicted molar refractivity (Wildman–Crippen MR) is 92.0 cm³/mol. The Morgan fingerprint density at radius 2 is 1.75 bits per heavy atom. The molecule has 3 aromatic rings. The molecule has 0 aliphatic carbocycles. The molecule has 122 valence electrons. The van der Waals surface area contributed by atoms with Gasteiger partial charge in [0.2, 0.25) is 0 Å². The van der Waals surface area contributed by atoms with Crippen molar-refractivity contribution in [2.45, 2.75) is 13.0 Å². The Hall–Kier alpha value is -2.92. The number of hydrogen-bond acceptors (Lipinski definition) is 3. The van der Waals surface area contributed by atoms with Gasteiger partial charge < -0.3 is 15.0 Å². The number of aromatic nitrogens is 2. The van der Waals surface area contributed by atoms with Crippen LogP contribution >= 0.6 is 0 Å². The second kappa shape index (κ2) is 7.57. The molecule has 2 aromatic carbocycles. The van der Waals surface area contributed by atoms with Crippen LogP contribution in [-0.4, -0.2) is 27.1 Å². The number of amides is 1. The van der Waals surface area contributed by atoms with E-state index < -0.39 is 0 Å². The van der Waals surface area contributed by atoms with Crippen molar-refractivity contribution in [1.29, 1.82) is 0 Å². The highest BCUT2D eigenvalue weighted by molar-refractivity contribution is 5.94. The fraction of sp³-hybridized carbons (Fsp3) is 0.158. The molecule has 0 spiro atoms. The summed E-state index contributed by atoms with van der Waals surface area (Å²) < 4.78 is 1.89. The van der Waals surface area contributed by atoms with Crippen molar-refractivity contribution >= 4 is 5.91 Å². The fourth-order valence-corrected chi connectivity index (χ4v) is 2.43. The highest BCUT2D eigenvalue weighted by atomic mass is 16.3. The zero-order valence-corrected chi connectivity index (χ0v) is 13.2. The van der Waals surface area contributed by atoms with E-state index in [9.17, 15) is 4.79 Å². The van der Waals surface area contributed by atoms with Gasteiger partial charge >= 0.3 is 0 Å². The molecule has 0 aliphatic rings. The minimum Gasteiger partial charge on any atom is -0.392 e. The number of hydrogen-bond donors (Lipinski definition) is 2. The number of nitrogens with zero attached hydrogens (tertiary/aromatic N) is 2. The maximum Gasteiger partial charge on any atom is 0.251 e. The lowest BCUT2D eigenvalue weighted by Crippen LogP contribution is -2.25. The van der Waals surface area contributed by atoms with Crippen molar-refractivity contribution in [3.05, 3.63) is 83.9 Å². The fourth-order valence-electron chi connectivity index (χ4n) is 2.43. The summed E-state index contributed by atoms with van der Waals surface area (Å²) >= 11 is 0. The Labute approximate surface area is 140 Å². The van der Waals surface area contributed by atoms with Crippen molar-refractivity contribution in [2.75, 3.05) is 6.54 Å². The third kappa shape index (κ3) is 3.88. The molecule has 0 bridgehead atoms. The first-order chi connectivity index (χ1) is 11.8. The minimum atomic E-state index is -0.0841. The molecule has 0 saturated carbocycles.